The van der Waals surface area contributed by atoms with Crippen LogP contribution in [0.2, 0.25) is 0 Å². The van der Waals surface area contributed by atoms with Gasteiger partial charge in [0, 0.05) is 17.5 Å². The van der Waals surface area contributed by atoms with Crippen LogP contribution in [0.25, 0.3) is 0 Å². The lowest BCUT2D eigenvalue weighted by molar-refractivity contribution is -0.156. The van der Waals surface area contributed by atoms with Gasteiger partial charge in [-0.1, -0.05) is 42.5 Å². The van der Waals surface area contributed by atoms with Crippen molar-refractivity contribution >= 4 is 5.91 Å². The fourth-order valence-corrected chi connectivity index (χ4v) is 5.97. The predicted octanol–water partition coefficient (Wildman–Crippen LogP) is 2.64. The molecule has 5 atom stereocenters. The van der Waals surface area contributed by atoms with Gasteiger partial charge in [0.05, 0.1) is 20.1 Å². The summed E-state index contributed by atoms with van der Waals surface area (Å²) < 4.78 is 11.9. The van der Waals surface area contributed by atoms with Crippen LogP contribution in [-0.2, 0) is 20.8 Å². The number of methoxy groups -OCH3 is 1. The number of ether oxygens (including phenoxy) is 2. The topological polar surface area (TPSA) is 117 Å². The highest BCUT2D eigenvalue weighted by Crippen LogP contribution is 2.69. The number of aryl methyl sites for hydroxylation is 1. The van der Waals surface area contributed by atoms with Gasteiger partial charge in [-0.25, -0.2) is 5.48 Å². The van der Waals surface area contributed by atoms with E-state index < -0.39 is 35.0 Å². The Morgan fingerprint density at radius 2 is 1.74 bits per heavy atom. The monoisotopic (exact) mass is 477 g/mol. The second-order valence-corrected chi connectivity index (χ2v) is 9.00. The minimum atomic E-state index is -2.04. The first-order valence-electron chi connectivity index (χ1n) is 11.3. The number of nitrogens with one attached hydrogen (secondary N) is 1. The third kappa shape index (κ3) is 3.07. The van der Waals surface area contributed by atoms with Crippen LogP contribution in [0, 0.1) is 12.8 Å². The number of benzene rings is 3. The minimum Gasteiger partial charge on any atom is -0.508 e. The van der Waals surface area contributed by atoms with Crippen LogP contribution in [0.15, 0.2) is 66.7 Å². The molecule has 1 aliphatic carbocycles. The molecule has 0 bridgehead atoms. The summed E-state index contributed by atoms with van der Waals surface area (Å²) in [6, 6.07) is 19.1. The maximum Gasteiger partial charge on any atom is 0.250 e. The Bertz CT molecular complexity index is 1260. The molecule has 1 heterocycles. The van der Waals surface area contributed by atoms with Gasteiger partial charge >= 0.3 is 0 Å². The molecule has 1 fully saturated rings. The number of carbonyl (C=O) groups is 1. The van der Waals surface area contributed by atoms with E-state index in [0.717, 1.165) is 0 Å². The number of amides is 1. The van der Waals surface area contributed by atoms with E-state index in [0.29, 0.717) is 28.0 Å². The third-order valence-corrected chi connectivity index (χ3v) is 7.25. The van der Waals surface area contributed by atoms with Gasteiger partial charge in [0.1, 0.15) is 23.4 Å². The summed E-state index contributed by atoms with van der Waals surface area (Å²) in [5.41, 5.74) is 0.756. The van der Waals surface area contributed by atoms with Crippen molar-refractivity contribution in [2.45, 2.75) is 30.1 Å². The average molecular weight is 478 g/mol. The van der Waals surface area contributed by atoms with Crippen LogP contribution in [-0.4, -0.2) is 41.6 Å². The Labute approximate surface area is 202 Å². The van der Waals surface area contributed by atoms with E-state index in [9.17, 15) is 20.1 Å². The standard InChI is InChI=1S/C27H27NO7/c1-15-13-18(29)14-20-22(15)26(32)24(30)21(25(31)28-34-3)23(16-7-5-4-6-8-16)27(26,35-20)17-9-11-19(33-2)12-10-17/h4-14,21,23-24,29-30,32H,1-3H3,(H,28,31)/t21-,23-,24-,26+,27+/m0/s1. The van der Waals surface area contributed by atoms with E-state index >= 15 is 0 Å². The maximum absolute atomic E-state index is 13.3. The molecule has 0 radical (unpaired) electrons. The molecule has 0 spiro atoms. The smallest absolute Gasteiger partial charge is 0.250 e. The van der Waals surface area contributed by atoms with Crippen molar-refractivity contribution in [1.29, 1.82) is 0 Å². The Morgan fingerprint density at radius 3 is 2.37 bits per heavy atom. The highest BCUT2D eigenvalue weighted by atomic mass is 16.6. The maximum atomic E-state index is 13.3. The zero-order valence-corrected chi connectivity index (χ0v) is 19.6. The molecule has 4 N–H and O–H groups in total. The predicted molar refractivity (Wildman–Crippen MR) is 126 cm³/mol. The van der Waals surface area contributed by atoms with E-state index in [1.807, 2.05) is 30.3 Å². The van der Waals surface area contributed by atoms with Gasteiger partial charge in [0.2, 0.25) is 5.91 Å². The quantitative estimate of drug-likeness (QED) is 0.418. The summed E-state index contributed by atoms with van der Waals surface area (Å²) in [7, 11) is 2.86. The zero-order chi connectivity index (χ0) is 25.0. The number of rotatable bonds is 5. The number of phenolic OH excluding ortho intramolecular Hbond substituents is 1. The molecule has 5 rings (SSSR count). The summed E-state index contributed by atoms with van der Waals surface area (Å²) in [6.45, 7) is 1.72. The Balaban J connectivity index is 1.86. The zero-order valence-electron chi connectivity index (χ0n) is 19.6. The first kappa shape index (κ1) is 23.2. The highest BCUT2D eigenvalue weighted by molar-refractivity contribution is 5.82. The second kappa shape index (κ2) is 8.27. The summed E-state index contributed by atoms with van der Waals surface area (Å²) in [4.78, 5) is 18.2. The van der Waals surface area contributed by atoms with E-state index in [1.54, 1.807) is 38.3 Å². The molecule has 8 heteroatoms. The molecule has 2 aliphatic rings. The number of aliphatic hydroxyl groups is 2. The fraction of sp³-hybridized carbons (Fsp3) is 0.296. The summed E-state index contributed by atoms with van der Waals surface area (Å²) in [5.74, 6) is -1.75. The lowest BCUT2D eigenvalue weighted by atomic mass is 9.70. The minimum absolute atomic E-state index is 0.0332. The molecule has 3 aromatic carbocycles. The number of phenols is 1. The van der Waals surface area contributed by atoms with Crippen molar-refractivity contribution in [3.8, 4) is 17.2 Å². The van der Waals surface area contributed by atoms with Crippen molar-refractivity contribution in [1.82, 2.24) is 5.48 Å². The molecule has 0 unspecified atom stereocenters. The number of aromatic hydroxyl groups is 1. The number of carbonyl (C=O) groups excluding carboxylic acids is 1. The Morgan fingerprint density at radius 1 is 1.06 bits per heavy atom. The van der Waals surface area contributed by atoms with Gasteiger partial charge in [-0.2, -0.15) is 0 Å². The molecular weight excluding hydrogens is 450 g/mol. The SMILES string of the molecule is CONC(=O)[C@@H]1[C@H](O)[C@]2(O)c3c(C)cc(O)cc3O[C@]2(c2ccc(OC)cc2)[C@H]1c1ccccc1. The average Bonchev–Trinajstić information content (AvgIpc) is 3.22. The highest BCUT2D eigenvalue weighted by Gasteiger charge is 2.77. The molecule has 1 amide bonds. The molecule has 35 heavy (non-hydrogen) atoms. The third-order valence-electron chi connectivity index (χ3n) is 7.25. The van der Waals surface area contributed by atoms with Crippen LogP contribution in [0.5, 0.6) is 17.2 Å². The number of fused-ring (bicyclic) bond motifs is 3. The molecule has 0 aromatic heterocycles. The van der Waals surface area contributed by atoms with Crippen molar-refractivity contribution in [3.63, 3.8) is 0 Å². The number of hydrogen-bond acceptors (Lipinski definition) is 7. The Kier molecular flexibility index (Phi) is 5.47. The van der Waals surface area contributed by atoms with Gasteiger partial charge in [0.25, 0.3) is 0 Å². The lowest BCUT2D eigenvalue weighted by Crippen LogP contribution is -2.52. The normalized spacial score (nSPS) is 28.7. The second-order valence-electron chi connectivity index (χ2n) is 9.00. The molecule has 0 saturated heterocycles. The molecule has 8 nitrogen and oxygen atoms in total. The van der Waals surface area contributed by atoms with Gasteiger partial charge in [-0.3, -0.25) is 9.63 Å². The molecular formula is C27H27NO7. The van der Waals surface area contributed by atoms with Crippen LogP contribution < -0.4 is 15.0 Å². The summed E-state index contributed by atoms with van der Waals surface area (Å²) >= 11 is 0. The fourth-order valence-electron chi connectivity index (χ4n) is 5.97. The van der Waals surface area contributed by atoms with Crippen LogP contribution in [0.1, 0.15) is 28.2 Å². The van der Waals surface area contributed by atoms with E-state index in [-0.39, 0.29) is 11.5 Å². The van der Waals surface area contributed by atoms with Crippen molar-refractivity contribution in [3.05, 3.63) is 89.0 Å². The molecule has 1 aliphatic heterocycles. The van der Waals surface area contributed by atoms with Crippen molar-refractivity contribution in [2.75, 3.05) is 14.2 Å². The van der Waals surface area contributed by atoms with Crippen molar-refractivity contribution < 1.29 is 34.4 Å². The van der Waals surface area contributed by atoms with Gasteiger partial charge in [-0.15, -0.1) is 0 Å². The number of hydrogen-bond donors (Lipinski definition) is 4. The summed E-state index contributed by atoms with van der Waals surface area (Å²) in [6.07, 6.45) is -1.57. The first-order chi connectivity index (χ1) is 16.8. The molecule has 1 saturated carbocycles. The lowest BCUT2D eigenvalue weighted by Gasteiger charge is -2.41. The van der Waals surface area contributed by atoms with Gasteiger partial charge in [-0.05, 0) is 41.8 Å². The van der Waals surface area contributed by atoms with E-state index in [4.69, 9.17) is 14.3 Å². The van der Waals surface area contributed by atoms with E-state index in [2.05, 4.69) is 5.48 Å². The number of hydroxylamine groups is 1. The van der Waals surface area contributed by atoms with Crippen LogP contribution in [0.4, 0.5) is 0 Å². The largest absolute Gasteiger partial charge is 0.508 e. The van der Waals surface area contributed by atoms with Gasteiger partial charge < -0.3 is 24.8 Å². The first-order valence-corrected chi connectivity index (χ1v) is 11.3. The molecule has 3 aromatic rings. The summed E-state index contributed by atoms with van der Waals surface area (Å²) in [5, 5.41) is 34.6. The number of aliphatic hydroxyl groups excluding tert-OH is 1. The van der Waals surface area contributed by atoms with E-state index in [1.165, 1.54) is 19.2 Å². The van der Waals surface area contributed by atoms with Crippen molar-refractivity contribution in [2.24, 2.45) is 5.92 Å². The Hall–Kier alpha value is -3.59. The van der Waals surface area contributed by atoms with Gasteiger partial charge in [0.15, 0.2) is 11.2 Å². The van der Waals surface area contributed by atoms with Crippen LogP contribution >= 0.6 is 0 Å². The van der Waals surface area contributed by atoms with Crippen LogP contribution in [0.3, 0.4) is 0 Å². The molecule has 182 valence electrons.